The Morgan fingerprint density at radius 2 is 2.54 bits per heavy atom. The van der Waals surface area contributed by atoms with E-state index in [9.17, 15) is 4.32 Å². The molecule has 0 aliphatic carbocycles. The van der Waals surface area contributed by atoms with Gasteiger partial charge in [-0.2, -0.15) is 0 Å². The Kier molecular flexibility index (Phi) is 2.65. The second-order valence-electron chi connectivity index (χ2n) is 3.32. The van der Waals surface area contributed by atoms with Gasteiger partial charge in [-0.1, -0.05) is 0 Å². The molecule has 1 aliphatic heterocycles. The predicted octanol–water partition coefficient (Wildman–Crippen LogP) is 1.09. The van der Waals surface area contributed by atoms with Crippen LogP contribution in [0.3, 0.4) is 0 Å². The Hall–Kier alpha value is -0.415. The molecule has 0 unspecified atom stereocenters. The summed E-state index contributed by atoms with van der Waals surface area (Å²) in [5.74, 6) is 0. The average molecular weight is 198 g/mol. The van der Waals surface area contributed by atoms with Crippen LogP contribution < -0.4 is 0 Å². The van der Waals surface area contributed by atoms with E-state index in [1.807, 2.05) is 6.92 Å². The van der Waals surface area contributed by atoms with Gasteiger partial charge in [0, 0.05) is 30.8 Å². The minimum Gasteiger partial charge on any atom is -0.340 e. The largest absolute Gasteiger partial charge is 0.345 e. The van der Waals surface area contributed by atoms with Gasteiger partial charge in [-0.05, 0) is 6.92 Å². The van der Waals surface area contributed by atoms with E-state index < -0.39 is 0 Å². The first-order valence-corrected chi connectivity index (χ1v) is 5.35. The third-order valence-electron chi connectivity index (χ3n) is 2.32. The molecule has 0 bridgehead atoms. The highest BCUT2D eigenvalue weighted by Gasteiger charge is 2.19. The second kappa shape index (κ2) is 3.76. The lowest BCUT2D eigenvalue weighted by Gasteiger charge is -2.24. The van der Waals surface area contributed by atoms with Crippen LogP contribution in [0.4, 0.5) is 4.32 Å². The molecule has 0 atom stereocenters. The third kappa shape index (κ3) is 1.91. The fourth-order valence-corrected chi connectivity index (χ4v) is 2.71. The molecular weight excluding hydrogens is 186 g/mol. The van der Waals surface area contributed by atoms with Crippen molar-refractivity contribution in [1.82, 2.24) is 9.88 Å². The Morgan fingerprint density at radius 1 is 1.69 bits per heavy atom. The fraction of sp³-hybridized carbons (Fsp3) is 0.625. The van der Waals surface area contributed by atoms with E-state index >= 15 is 0 Å². The van der Waals surface area contributed by atoms with Gasteiger partial charge in [0.25, 0.3) is 0 Å². The zero-order valence-electron chi connectivity index (χ0n) is 7.72. The number of thiazole rings is 1. The Balaban J connectivity index is 2.10. The van der Waals surface area contributed by atoms with Crippen LogP contribution in [0.25, 0.3) is 0 Å². The molecule has 0 fully saturated rings. The zero-order chi connectivity index (χ0) is 9.26. The van der Waals surface area contributed by atoms with Crippen molar-refractivity contribution in [3.63, 3.8) is 0 Å². The van der Waals surface area contributed by atoms with Crippen molar-refractivity contribution in [1.29, 1.82) is 0 Å². The lowest BCUT2D eigenvalue weighted by Crippen LogP contribution is -2.32. The van der Waals surface area contributed by atoms with Crippen LogP contribution in [0.15, 0.2) is 0 Å². The summed E-state index contributed by atoms with van der Waals surface area (Å²) in [6, 6.07) is 0. The minimum atomic E-state index is -0.243. The van der Waals surface area contributed by atoms with E-state index in [1.165, 1.54) is 10.6 Å². The molecule has 0 spiro atoms. The standard InChI is InChI=1S/C8H12BFN2S/c1-6-11-7-2-3-12(5-9-10)4-8(7)13-6/h9H,2-5H2,1H3. The number of hydrogen-bond acceptors (Lipinski definition) is 3. The molecule has 70 valence electrons. The smallest absolute Gasteiger partial charge is 0.340 e. The first-order valence-electron chi connectivity index (χ1n) is 4.53. The molecule has 0 N–H and O–H groups in total. The predicted molar refractivity (Wildman–Crippen MR) is 54.1 cm³/mol. The maximum Gasteiger partial charge on any atom is 0.345 e. The number of halogens is 1. The Labute approximate surface area is 82.1 Å². The van der Waals surface area contributed by atoms with Crippen molar-refractivity contribution in [2.45, 2.75) is 19.9 Å². The monoisotopic (exact) mass is 198 g/mol. The van der Waals surface area contributed by atoms with Crippen LogP contribution in [-0.4, -0.2) is 30.4 Å². The molecule has 2 rings (SSSR count). The highest BCUT2D eigenvalue weighted by atomic mass is 32.1. The molecule has 2 nitrogen and oxygen atoms in total. The van der Waals surface area contributed by atoms with E-state index in [0.717, 1.165) is 24.5 Å². The average Bonchev–Trinajstić information content (AvgIpc) is 2.44. The van der Waals surface area contributed by atoms with Gasteiger partial charge in [0.2, 0.25) is 0 Å². The first-order chi connectivity index (χ1) is 6.29. The van der Waals surface area contributed by atoms with Gasteiger partial charge in [0.05, 0.1) is 10.7 Å². The molecule has 1 aromatic rings. The molecule has 13 heavy (non-hydrogen) atoms. The summed E-state index contributed by atoms with van der Waals surface area (Å²) in [5.41, 5.74) is 1.23. The molecule has 1 aliphatic rings. The summed E-state index contributed by atoms with van der Waals surface area (Å²) >= 11 is 1.74. The summed E-state index contributed by atoms with van der Waals surface area (Å²) in [6.07, 6.45) is 1.55. The van der Waals surface area contributed by atoms with E-state index in [0.29, 0.717) is 6.44 Å². The van der Waals surface area contributed by atoms with Crippen LogP contribution in [0, 0.1) is 6.92 Å². The van der Waals surface area contributed by atoms with E-state index in [1.54, 1.807) is 11.3 Å². The number of hydrogen-bond donors (Lipinski definition) is 0. The zero-order valence-corrected chi connectivity index (χ0v) is 8.53. The molecule has 5 heteroatoms. The molecule has 0 aromatic carbocycles. The molecular formula is C8H12BFN2S. The van der Waals surface area contributed by atoms with Gasteiger partial charge < -0.3 is 9.22 Å². The number of aromatic nitrogens is 1. The van der Waals surface area contributed by atoms with Crippen molar-refractivity contribution < 1.29 is 4.32 Å². The lowest BCUT2D eigenvalue weighted by molar-refractivity contribution is 0.293. The van der Waals surface area contributed by atoms with Crippen molar-refractivity contribution >= 4 is 18.9 Å². The lowest BCUT2D eigenvalue weighted by atomic mass is 10.0. The van der Waals surface area contributed by atoms with Crippen LogP contribution in [0.1, 0.15) is 15.6 Å². The van der Waals surface area contributed by atoms with E-state index in [-0.39, 0.29) is 7.56 Å². The summed E-state index contributed by atoms with van der Waals surface area (Å²) in [6.45, 7) is 3.88. The molecule has 0 saturated heterocycles. The van der Waals surface area contributed by atoms with Gasteiger partial charge in [0.15, 0.2) is 0 Å². The maximum absolute atomic E-state index is 12.1. The van der Waals surface area contributed by atoms with Gasteiger partial charge >= 0.3 is 7.56 Å². The van der Waals surface area contributed by atoms with E-state index in [2.05, 4.69) is 9.88 Å². The molecule has 0 amide bonds. The van der Waals surface area contributed by atoms with Gasteiger partial charge in [-0.3, -0.25) is 0 Å². The third-order valence-corrected chi connectivity index (χ3v) is 3.32. The Bertz CT molecular complexity index is 302. The van der Waals surface area contributed by atoms with Crippen LogP contribution in [-0.2, 0) is 13.0 Å². The van der Waals surface area contributed by atoms with Crippen molar-refractivity contribution in [3.8, 4) is 0 Å². The quantitative estimate of drug-likeness (QED) is 0.661. The number of rotatable bonds is 2. The van der Waals surface area contributed by atoms with E-state index in [4.69, 9.17) is 0 Å². The highest BCUT2D eigenvalue weighted by molar-refractivity contribution is 7.11. The van der Waals surface area contributed by atoms with Crippen molar-refractivity contribution in [3.05, 3.63) is 15.6 Å². The minimum absolute atomic E-state index is 0.243. The summed E-state index contributed by atoms with van der Waals surface area (Å²) in [5, 5.41) is 1.13. The van der Waals surface area contributed by atoms with Crippen LogP contribution in [0.2, 0.25) is 0 Å². The maximum atomic E-state index is 12.1. The summed E-state index contributed by atoms with van der Waals surface area (Å²) in [4.78, 5) is 7.93. The Morgan fingerprint density at radius 3 is 3.31 bits per heavy atom. The highest BCUT2D eigenvalue weighted by Crippen LogP contribution is 2.24. The summed E-state index contributed by atoms with van der Waals surface area (Å²) in [7, 11) is -0.243. The van der Waals surface area contributed by atoms with Crippen molar-refractivity contribution in [2.75, 3.05) is 13.0 Å². The van der Waals surface area contributed by atoms with Crippen molar-refractivity contribution in [2.24, 2.45) is 0 Å². The van der Waals surface area contributed by atoms with Gasteiger partial charge in [-0.15, -0.1) is 11.3 Å². The van der Waals surface area contributed by atoms with Gasteiger partial charge in [0.1, 0.15) is 0 Å². The number of aryl methyl sites for hydroxylation is 1. The fourth-order valence-electron chi connectivity index (χ4n) is 1.69. The van der Waals surface area contributed by atoms with Crippen LogP contribution >= 0.6 is 11.3 Å². The molecule has 0 saturated carbocycles. The first kappa shape index (κ1) is 9.15. The molecule has 2 heterocycles. The molecule has 1 aromatic heterocycles. The number of nitrogens with zero attached hydrogens (tertiary/aromatic N) is 2. The molecule has 0 radical (unpaired) electrons. The summed E-state index contributed by atoms with van der Waals surface area (Å²) < 4.78 is 12.1. The van der Waals surface area contributed by atoms with Gasteiger partial charge in [-0.25, -0.2) is 4.98 Å². The second-order valence-corrected chi connectivity index (χ2v) is 4.61. The van der Waals surface area contributed by atoms with Crippen LogP contribution in [0.5, 0.6) is 0 Å². The SMILES string of the molecule is Cc1nc2c(s1)CN(CBF)CC2. The number of fused-ring (bicyclic) bond motifs is 1. The normalized spacial score (nSPS) is 17.1. The topological polar surface area (TPSA) is 16.1 Å².